The lowest BCUT2D eigenvalue weighted by Crippen LogP contribution is -2.27. The molecule has 1 aromatic heterocycles. The molecule has 0 spiro atoms. The van der Waals surface area contributed by atoms with Gasteiger partial charge in [0.2, 0.25) is 0 Å². The van der Waals surface area contributed by atoms with Crippen LogP contribution in [0.1, 0.15) is 31.1 Å². The summed E-state index contributed by atoms with van der Waals surface area (Å²) in [6, 6.07) is 2.27. The third-order valence-electron chi connectivity index (χ3n) is 2.21. The Kier molecular flexibility index (Phi) is 3.26. The molecular formula is C10H16N4. The van der Waals surface area contributed by atoms with Crippen molar-refractivity contribution in [2.75, 3.05) is 0 Å². The van der Waals surface area contributed by atoms with Crippen molar-refractivity contribution in [3.63, 3.8) is 0 Å². The lowest BCUT2D eigenvalue weighted by molar-refractivity contribution is 0.544. The van der Waals surface area contributed by atoms with Crippen LogP contribution in [0, 0.1) is 18.3 Å². The van der Waals surface area contributed by atoms with Gasteiger partial charge in [0.05, 0.1) is 12.3 Å². The Balaban J connectivity index is 2.91. The summed E-state index contributed by atoms with van der Waals surface area (Å²) in [7, 11) is 1.88. The Hall–Kier alpha value is -1.34. The maximum Gasteiger partial charge on any atom is 0.124 e. The van der Waals surface area contributed by atoms with Crippen LogP contribution in [0.4, 0.5) is 0 Å². The quantitative estimate of drug-likeness (QED) is 0.785. The van der Waals surface area contributed by atoms with Crippen molar-refractivity contribution in [2.45, 2.75) is 32.9 Å². The van der Waals surface area contributed by atoms with Gasteiger partial charge in [-0.3, -0.25) is 10.00 Å². The van der Waals surface area contributed by atoms with Crippen molar-refractivity contribution in [2.24, 2.45) is 7.05 Å². The van der Waals surface area contributed by atoms with Gasteiger partial charge in [-0.25, -0.2) is 0 Å². The van der Waals surface area contributed by atoms with E-state index < -0.39 is 0 Å². The Morgan fingerprint density at radius 1 is 1.57 bits per heavy atom. The minimum atomic E-state index is -0.260. The molecule has 0 fully saturated rings. The van der Waals surface area contributed by atoms with Gasteiger partial charge < -0.3 is 0 Å². The lowest BCUT2D eigenvalue weighted by Gasteiger charge is -2.13. The highest BCUT2D eigenvalue weighted by Gasteiger charge is 2.16. The molecule has 1 heterocycles. The zero-order chi connectivity index (χ0) is 10.7. The Bertz CT molecular complexity index is 345. The second kappa shape index (κ2) is 4.25. The van der Waals surface area contributed by atoms with Crippen LogP contribution in [-0.2, 0) is 7.05 Å². The molecule has 0 aromatic carbocycles. The summed E-state index contributed by atoms with van der Waals surface area (Å²) in [5, 5.41) is 16.3. The molecule has 0 aliphatic carbocycles. The van der Waals surface area contributed by atoms with Gasteiger partial charge in [0.15, 0.2) is 0 Å². The Labute approximate surface area is 84.5 Å². The van der Waals surface area contributed by atoms with Gasteiger partial charge in [-0.2, -0.15) is 10.4 Å². The second-order valence-electron chi connectivity index (χ2n) is 3.69. The third-order valence-corrected chi connectivity index (χ3v) is 2.21. The summed E-state index contributed by atoms with van der Waals surface area (Å²) >= 11 is 0. The van der Waals surface area contributed by atoms with Gasteiger partial charge in [0, 0.05) is 24.3 Å². The number of hydrogen-bond acceptors (Lipinski definition) is 3. The topological polar surface area (TPSA) is 53.6 Å². The van der Waals surface area contributed by atoms with E-state index in [4.69, 9.17) is 5.26 Å². The van der Waals surface area contributed by atoms with E-state index in [1.807, 2.05) is 27.8 Å². The SMILES string of the molecule is Cc1c(C(C#N)NC(C)C)cnn1C. The van der Waals surface area contributed by atoms with Gasteiger partial charge in [-0.1, -0.05) is 0 Å². The molecule has 0 radical (unpaired) electrons. The van der Waals surface area contributed by atoms with Crippen molar-refractivity contribution in [1.29, 1.82) is 5.26 Å². The highest BCUT2D eigenvalue weighted by atomic mass is 15.3. The van der Waals surface area contributed by atoms with E-state index in [0.717, 1.165) is 11.3 Å². The molecule has 0 aliphatic heterocycles. The van der Waals surface area contributed by atoms with Gasteiger partial charge in [0.25, 0.3) is 0 Å². The van der Waals surface area contributed by atoms with Crippen LogP contribution in [0.5, 0.6) is 0 Å². The molecule has 1 N–H and O–H groups in total. The second-order valence-corrected chi connectivity index (χ2v) is 3.69. The Morgan fingerprint density at radius 3 is 2.57 bits per heavy atom. The summed E-state index contributed by atoms with van der Waals surface area (Å²) in [6.07, 6.45) is 1.75. The number of hydrogen-bond donors (Lipinski definition) is 1. The maximum absolute atomic E-state index is 9.01. The number of rotatable bonds is 3. The first kappa shape index (κ1) is 10.7. The molecular weight excluding hydrogens is 176 g/mol. The zero-order valence-electron chi connectivity index (χ0n) is 9.07. The van der Waals surface area contributed by atoms with Gasteiger partial charge in [-0.15, -0.1) is 0 Å². The molecule has 4 heteroatoms. The highest BCUT2D eigenvalue weighted by molar-refractivity contribution is 5.25. The number of nitriles is 1. The standard InChI is InChI=1S/C10H16N4/c1-7(2)13-10(5-11)9-6-12-14(4)8(9)3/h6-7,10,13H,1-4H3. The molecule has 0 amide bonds. The molecule has 0 saturated carbocycles. The highest BCUT2D eigenvalue weighted by Crippen LogP contribution is 2.16. The van der Waals surface area contributed by atoms with Crippen LogP contribution < -0.4 is 5.32 Å². The van der Waals surface area contributed by atoms with E-state index in [1.54, 1.807) is 10.9 Å². The van der Waals surface area contributed by atoms with Crippen LogP contribution in [0.2, 0.25) is 0 Å². The van der Waals surface area contributed by atoms with E-state index in [2.05, 4.69) is 16.5 Å². The largest absolute Gasteiger partial charge is 0.296 e. The van der Waals surface area contributed by atoms with Crippen LogP contribution in [0.15, 0.2) is 6.20 Å². The predicted octanol–water partition coefficient (Wildman–Crippen LogP) is 1.29. The van der Waals surface area contributed by atoms with E-state index in [0.29, 0.717) is 6.04 Å². The van der Waals surface area contributed by atoms with Crippen molar-refractivity contribution in [1.82, 2.24) is 15.1 Å². The minimum absolute atomic E-state index is 0.260. The first-order valence-electron chi connectivity index (χ1n) is 4.70. The zero-order valence-corrected chi connectivity index (χ0v) is 9.07. The molecule has 0 aliphatic rings. The summed E-state index contributed by atoms with van der Waals surface area (Å²) in [5.41, 5.74) is 1.99. The number of nitrogens with zero attached hydrogens (tertiary/aromatic N) is 3. The van der Waals surface area contributed by atoms with E-state index in [-0.39, 0.29) is 6.04 Å². The molecule has 1 aromatic rings. The Morgan fingerprint density at radius 2 is 2.21 bits per heavy atom. The molecule has 0 bridgehead atoms. The van der Waals surface area contributed by atoms with Crippen LogP contribution >= 0.6 is 0 Å². The summed E-state index contributed by atoms with van der Waals surface area (Å²) in [6.45, 7) is 6.01. The molecule has 1 rings (SSSR count). The fraction of sp³-hybridized carbons (Fsp3) is 0.600. The summed E-state index contributed by atoms with van der Waals surface area (Å²) in [5.74, 6) is 0. The van der Waals surface area contributed by atoms with Crippen molar-refractivity contribution in [3.8, 4) is 6.07 Å². The first-order chi connectivity index (χ1) is 6.56. The van der Waals surface area contributed by atoms with Crippen molar-refractivity contribution in [3.05, 3.63) is 17.5 Å². The fourth-order valence-electron chi connectivity index (χ4n) is 1.33. The van der Waals surface area contributed by atoms with Crippen LogP contribution in [0.3, 0.4) is 0 Å². The monoisotopic (exact) mass is 192 g/mol. The van der Waals surface area contributed by atoms with Crippen molar-refractivity contribution < 1.29 is 0 Å². The fourth-order valence-corrected chi connectivity index (χ4v) is 1.33. The van der Waals surface area contributed by atoms with E-state index in [1.165, 1.54) is 0 Å². The molecule has 4 nitrogen and oxygen atoms in total. The third kappa shape index (κ3) is 2.12. The number of nitrogens with one attached hydrogen (secondary N) is 1. The summed E-state index contributed by atoms with van der Waals surface area (Å²) in [4.78, 5) is 0. The number of aromatic nitrogens is 2. The first-order valence-corrected chi connectivity index (χ1v) is 4.70. The smallest absolute Gasteiger partial charge is 0.124 e. The van der Waals surface area contributed by atoms with E-state index in [9.17, 15) is 0 Å². The number of aryl methyl sites for hydroxylation is 1. The average Bonchev–Trinajstić information content (AvgIpc) is 2.44. The average molecular weight is 192 g/mol. The maximum atomic E-state index is 9.01. The van der Waals surface area contributed by atoms with Crippen molar-refractivity contribution >= 4 is 0 Å². The predicted molar refractivity (Wildman–Crippen MR) is 54.6 cm³/mol. The van der Waals surface area contributed by atoms with Gasteiger partial charge in [0.1, 0.15) is 6.04 Å². The van der Waals surface area contributed by atoms with Gasteiger partial charge in [-0.05, 0) is 20.8 Å². The van der Waals surface area contributed by atoms with Crippen LogP contribution in [-0.4, -0.2) is 15.8 Å². The summed E-state index contributed by atoms with van der Waals surface area (Å²) < 4.78 is 1.78. The van der Waals surface area contributed by atoms with Gasteiger partial charge >= 0.3 is 0 Å². The molecule has 14 heavy (non-hydrogen) atoms. The molecule has 0 saturated heterocycles. The lowest BCUT2D eigenvalue weighted by atomic mass is 10.1. The van der Waals surface area contributed by atoms with Crippen LogP contribution in [0.25, 0.3) is 0 Å². The molecule has 76 valence electrons. The molecule has 1 atom stereocenters. The van der Waals surface area contributed by atoms with E-state index >= 15 is 0 Å². The normalized spacial score (nSPS) is 12.9. The minimum Gasteiger partial charge on any atom is -0.296 e. The molecule has 1 unspecified atom stereocenters.